The van der Waals surface area contributed by atoms with Gasteiger partial charge in [-0.2, -0.15) is 0 Å². The third-order valence-electron chi connectivity index (χ3n) is 3.17. The number of esters is 1. The molecule has 1 aromatic rings. The highest BCUT2D eigenvalue weighted by Crippen LogP contribution is 2.19. The summed E-state index contributed by atoms with van der Waals surface area (Å²) in [6.07, 6.45) is 2.79. The number of nitrogens with one attached hydrogen (secondary N) is 2. The van der Waals surface area contributed by atoms with Gasteiger partial charge >= 0.3 is 12.0 Å². The quantitative estimate of drug-likeness (QED) is 0.812. The van der Waals surface area contributed by atoms with E-state index in [0.29, 0.717) is 17.3 Å². The molecule has 2 amide bonds. The third kappa shape index (κ3) is 4.26. The minimum Gasteiger partial charge on any atom is -0.459 e. The maximum Gasteiger partial charge on any atom is 0.338 e. The molecule has 1 aliphatic carbocycles. The number of carbonyl (C=O) groups is 2. The molecule has 0 saturated heterocycles. The van der Waals surface area contributed by atoms with Crippen LogP contribution in [-0.4, -0.2) is 24.1 Å². The van der Waals surface area contributed by atoms with Gasteiger partial charge < -0.3 is 15.4 Å². The Kier molecular flexibility index (Phi) is 4.61. The van der Waals surface area contributed by atoms with E-state index in [1.54, 1.807) is 24.3 Å². The van der Waals surface area contributed by atoms with E-state index < -0.39 is 0 Å². The van der Waals surface area contributed by atoms with Gasteiger partial charge in [-0.15, -0.1) is 0 Å². The number of ether oxygens (including phenoxy) is 1. The lowest BCUT2D eigenvalue weighted by atomic mass is 10.2. The van der Waals surface area contributed by atoms with Crippen molar-refractivity contribution >= 4 is 17.7 Å². The average Bonchev–Trinajstić information content (AvgIpc) is 3.23. The first-order chi connectivity index (χ1) is 9.58. The predicted octanol–water partition coefficient (Wildman–Crippen LogP) is 2.93. The monoisotopic (exact) mass is 276 g/mol. The van der Waals surface area contributed by atoms with Crippen LogP contribution in [0.15, 0.2) is 24.3 Å². The summed E-state index contributed by atoms with van der Waals surface area (Å²) in [6, 6.07) is 6.80. The van der Waals surface area contributed by atoms with Gasteiger partial charge in [-0.3, -0.25) is 0 Å². The van der Waals surface area contributed by atoms with Gasteiger partial charge in [0.1, 0.15) is 0 Å². The Hall–Kier alpha value is -2.04. The van der Waals surface area contributed by atoms with Crippen LogP contribution in [-0.2, 0) is 4.74 Å². The molecule has 0 radical (unpaired) electrons. The first kappa shape index (κ1) is 14.4. The van der Waals surface area contributed by atoms with E-state index in [-0.39, 0.29) is 18.1 Å². The highest BCUT2D eigenvalue weighted by atomic mass is 16.5. The Bertz CT molecular complexity index is 480. The second kappa shape index (κ2) is 6.41. The van der Waals surface area contributed by atoms with Gasteiger partial charge in [0, 0.05) is 11.7 Å². The SMILES string of the molecule is CCC(C)OC(=O)c1ccc(NC(=O)NC2CC2)cc1. The number of carbonyl (C=O) groups excluding carboxylic acids is 2. The fraction of sp³-hybridized carbons (Fsp3) is 0.467. The maximum atomic E-state index is 11.8. The Morgan fingerprint density at radius 3 is 2.50 bits per heavy atom. The topological polar surface area (TPSA) is 67.4 Å². The molecule has 1 atom stereocenters. The van der Waals surface area contributed by atoms with Crippen molar-refractivity contribution in [3.05, 3.63) is 29.8 Å². The van der Waals surface area contributed by atoms with Gasteiger partial charge in [0.05, 0.1) is 11.7 Å². The molecule has 108 valence electrons. The van der Waals surface area contributed by atoms with Crippen LogP contribution in [0.3, 0.4) is 0 Å². The van der Waals surface area contributed by atoms with Crippen LogP contribution in [0.5, 0.6) is 0 Å². The molecule has 1 aromatic carbocycles. The normalized spacial score (nSPS) is 15.3. The highest BCUT2D eigenvalue weighted by molar-refractivity contribution is 5.92. The minimum absolute atomic E-state index is 0.0929. The fourth-order valence-corrected chi connectivity index (χ4v) is 1.60. The van der Waals surface area contributed by atoms with Gasteiger partial charge in [-0.05, 0) is 50.5 Å². The molecule has 5 heteroatoms. The van der Waals surface area contributed by atoms with Crippen molar-refractivity contribution in [1.29, 1.82) is 0 Å². The maximum absolute atomic E-state index is 11.8. The molecule has 1 unspecified atom stereocenters. The van der Waals surface area contributed by atoms with Gasteiger partial charge in [0.2, 0.25) is 0 Å². The molecule has 0 aromatic heterocycles. The van der Waals surface area contributed by atoms with Crippen molar-refractivity contribution in [3.63, 3.8) is 0 Å². The molecule has 1 fully saturated rings. The van der Waals surface area contributed by atoms with Gasteiger partial charge in [-0.1, -0.05) is 6.92 Å². The number of benzene rings is 1. The van der Waals surface area contributed by atoms with Crippen molar-refractivity contribution < 1.29 is 14.3 Å². The third-order valence-corrected chi connectivity index (χ3v) is 3.17. The van der Waals surface area contributed by atoms with Gasteiger partial charge in [0.25, 0.3) is 0 Å². The molecule has 2 N–H and O–H groups in total. The van der Waals surface area contributed by atoms with Crippen molar-refractivity contribution in [1.82, 2.24) is 5.32 Å². The molecule has 5 nitrogen and oxygen atoms in total. The summed E-state index contributed by atoms with van der Waals surface area (Å²) < 4.78 is 5.23. The van der Waals surface area contributed by atoms with Crippen molar-refractivity contribution in [2.45, 2.75) is 45.3 Å². The van der Waals surface area contributed by atoms with Crippen molar-refractivity contribution in [2.24, 2.45) is 0 Å². The number of hydrogen-bond donors (Lipinski definition) is 2. The van der Waals surface area contributed by atoms with Crippen LogP contribution in [0.4, 0.5) is 10.5 Å². The Labute approximate surface area is 118 Å². The van der Waals surface area contributed by atoms with Crippen LogP contribution in [0.1, 0.15) is 43.5 Å². The number of anilines is 1. The molecule has 0 bridgehead atoms. The van der Waals surface area contributed by atoms with Crippen LogP contribution in [0, 0.1) is 0 Å². The average molecular weight is 276 g/mol. The molecule has 2 rings (SSSR count). The van der Waals surface area contributed by atoms with E-state index in [4.69, 9.17) is 4.74 Å². The summed E-state index contributed by atoms with van der Waals surface area (Å²) in [5.41, 5.74) is 1.14. The Balaban J connectivity index is 1.88. The van der Waals surface area contributed by atoms with E-state index in [0.717, 1.165) is 19.3 Å². The summed E-state index contributed by atoms with van der Waals surface area (Å²) in [7, 11) is 0. The van der Waals surface area contributed by atoms with E-state index in [1.165, 1.54) is 0 Å². The van der Waals surface area contributed by atoms with Crippen LogP contribution >= 0.6 is 0 Å². The zero-order valence-corrected chi connectivity index (χ0v) is 11.8. The number of hydrogen-bond acceptors (Lipinski definition) is 3. The Morgan fingerprint density at radius 1 is 1.30 bits per heavy atom. The molecule has 20 heavy (non-hydrogen) atoms. The second-order valence-corrected chi connectivity index (χ2v) is 5.07. The largest absolute Gasteiger partial charge is 0.459 e. The standard InChI is InChI=1S/C15H20N2O3/c1-3-10(2)20-14(18)11-4-6-12(7-5-11)16-15(19)17-13-8-9-13/h4-7,10,13H,3,8-9H2,1-2H3,(H2,16,17,19). The molecular formula is C15H20N2O3. The predicted molar refractivity (Wildman–Crippen MR) is 76.8 cm³/mol. The number of amides is 2. The minimum atomic E-state index is -0.340. The first-order valence-corrected chi connectivity index (χ1v) is 6.97. The van der Waals surface area contributed by atoms with Crippen LogP contribution in [0.2, 0.25) is 0 Å². The molecular weight excluding hydrogens is 256 g/mol. The van der Waals surface area contributed by atoms with Gasteiger partial charge in [0.15, 0.2) is 0 Å². The summed E-state index contributed by atoms with van der Waals surface area (Å²) in [5.74, 6) is -0.340. The van der Waals surface area contributed by atoms with Crippen molar-refractivity contribution in [2.75, 3.05) is 5.32 Å². The zero-order chi connectivity index (χ0) is 14.5. The molecule has 1 aliphatic rings. The highest BCUT2D eigenvalue weighted by Gasteiger charge is 2.23. The van der Waals surface area contributed by atoms with E-state index >= 15 is 0 Å². The lowest BCUT2D eigenvalue weighted by molar-refractivity contribution is 0.0334. The summed E-state index contributed by atoms with van der Waals surface area (Å²) in [6.45, 7) is 3.82. The van der Waals surface area contributed by atoms with E-state index in [1.807, 2.05) is 13.8 Å². The molecule has 0 aliphatic heterocycles. The first-order valence-electron chi connectivity index (χ1n) is 6.97. The summed E-state index contributed by atoms with van der Waals surface area (Å²) in [4.78, 5) is 23.3. The summed E-state index contributed by atoms with van der Waals surface area (Å²) in [5, 5.41) is 5.56. The smallest absolute Gasteiger partial charge is 0.338 e. The van der Waals surface area contributed by atoms with E-state index in [2.05, 4.69) is 10.6 Å². The Morgan fingerprint density at radius 2 is 1.95 bits per heavy atom. The zero-order valence-electron chi connectivity index (χ0n) is 11.8. The second-order valence-electron chi connectivity index (χ2n) is 5.07. The summed E-state index contributed by atoms with van der Waals surface area (Å²) >= 11 is 0. The van der Waals surface area contributed by atoms with Crippen LogP contribution < -0.4 is 10.6 Å². The lowest BCUT2D eigenvalue weighted by Crippen LogP contribution is -2.30. The van der Waals surface area contributed by atoms with Gasteiger partial charge in [-0.25, -0.2) is 9.59 Å². The van der Waals surface area contributed by atoms with Crippen molar-refractivity contribution in [3.8, 4) is 0 Å². The lowest BCUT2D eigenvalue weighted by Gasteiger charge is -2.11. The number of urea groups is 1. The fourth-order valence-electron chi connectivity index (χ4n) is 1.60. The van der Waals surface area contributed by atoms with E-state index in [9.17, 15) is 9.59 Å². The number of rotatable bonds is 5. The van der Waals surface area contributed by atoms with Crippen LogP contribution in [0.25, 0.3) is 0 Å². The molecule has 1 saturated carbocycles. The molecule has 0 spiro atoms. The molecule has 0 heterocycles.